The molecule has 0 aromatic heterocycles. The molecule has 126 valence electrons. The highest BCUT2D eigenvalue weighted by molar-refractivity contribution is 7.89. The van der Waals surface area contributed by atoms with E-state index in [2.05, 4.69) is 0 Å². The third kappa shape index (κ3) is 3.94. The number of carbonyl (C=O) groups is 1. The number of benzene rings is 1. The van der Waals surface area contributed by atoms with E-state index in [1.807, 2.05) is 13.8 Å². The van der Waals surface area contributed by atoms with E-state index in [0.717, 1.165) is 17.7 Å². The van der Waals surface area contributed by atoms with Gasteiger partial charge in [0.1, 0.15) is 0 Å². The van der Waals surface area contributed by atoms with E-state index in [-0.39, 0.29) is 37.0 Å². The van der Waals surface area contributed by atoms with Crippen LogP contribution in [0, 0.1) is 11.6 Å². The van der Waals surface area contributed by atoms with Gasteiger partial charge in [0.15, 0.2) is 11.6 Å². The molecule has 5 nitrogen and oxygen atoms in total. The lowest BCUT2D eigenvalue weighted by molar-refractivity contribution is -0.127. The van der Waals surface area contributed by atoms with Gasteiger partial charge in [0.05, 0.1) is 4.90 Å². The molecule has 0 unspecified atom stereocenters. The molecule has 23 heavy (non-hydrogen) atoms. The molecule has 1 saturated heterocycles. The molecule has 0 saturated carbocycles. The number of amides is 1. The summed E-state index contributed by atoms with van der Waals surface area (Å²) >= 11 is 0. The van der Waals surface area contributed by atoms with Gasteiger partial charge in [-0.2, -0.15) is 4.31 Å². The van der Waals surface area contributed by atoms with Crippen molar-refractivity contribution in [1.82, 2.24) is 9.21 Å². The summed E-state index contributed by atoms with van der Waals surface area (Å²) < 4.78 is 52.2. The summed E-state index contributed by atoms with van der Waals surface area (Å²) in [6, 6.07) is 2.50. The van der Waals surface area contributed by atoms with Gasteiger partial charge in [-0.3, -0.25) is 4.79 Å². The minimum Gasteiger partial charge on any atom is -0.337 e. The number of hydrogen-bond donors (Lipinski definition) is 0. The van der Waals surface area contributed by atoms with Gasteiger partial charge in [0.25, 0.3) is 0 Å². The van der Waals surface area contributed by atoms with Gasteiger partial charge in [-0.05, 0) is 32.0 Å². The van der Waals surface area contributed by atoms with Gasteiger partial charge in [-0.1, -0.05) is 5.57 Å². The van der Waals surface area contributed by atoms with Gasteiger partial charge in [0.2, 0.25) is 15.9 Å². The van der Waals surface area contributed by atoms with Crippen molar-refractivity contribution < 1.29 is 22.0 Å². The van der Waals surface area contributed by atoms with E-state index in [1.54, 1.807) is 4.90 Å². The number of rotatable bonds is 3. The van der Waals surface area contributed by atoms with Crippen molar-refractivity contribution in [2.24, 2.45) is 0 Å². The Balaban J connectivity index is 2.11. The standard InChI is InChI=1S/C15H18F2N2O3S/c1-11(2)9-15(20)18-5-7-19(8-6-18)23(21,22)12-3-4-13(16)14(17)10-12/h3-4,9-10H,5-8H2,1-2H3. The smallest absolute Gasteiger partial charge is 0.246 e. The van der Waals surface area contributed by atoms with Crippen molar-refractivity contribution in [3.05, 3.63) is 41.5 Å². The van der Waals surface area contributed by atoms with Gasteiger partial charge in [-0.25, -0.2) is 17.2 Å². The Labute approximate surface area is 134 Å². The van der Waals surface area contributed by atoms with Crippen molar-refractivity contribution in [3.8, 4) is 0 Å². The molecular formula is C15H18F2N2O3S. The van der Waals surface area contributed by atoms with Gasteiger partial charge < -0.3 is 4.90 Å². The first-order valence-corrected chi connectivity index (χ1v) is 8.55. The number of allylic oxidation sites excluding steroid dienone is 1. The van der Waals surface area contributed by atoms with Crippen molar-refractivity contribution in [3.63, 3.8) is 0 Å². The quantitative estimate of drug-likeness (QED) is 0.785. The van der Waals surface area contributed by atoms with E-state index in [4.69, 9.17) is 0 Å². The molecular weight excluding hydrogens is 326 g/mol. The number of hydrogen-bond acceptors (Lipinski definition) is 3. The molecule has 8 heteroatoms. The maximum Gasteiger partial charge on any atom is 0.246 e. The number of piperazine rings is 1. The Hall–Kier alpha value is -1.80. The maximum absolute atomic E-state index is 13.2. The first-order chi connectivity index (χ1) is 10.7. The summed E-state index contributed by atoms with van der Waals surface area (Å²) in [6.45, 7) is 4.35. The summed E-state index contributed by atoms with van der Waals surface area (Å²) in [4.78, 5) is 13.2. The van der Waals surface area contributed by atoms with E-state index in [0.29, 0.717) is 6.07 Å². The van der Waals surface area contributed by atoms with Crippen LogP contribution >= 0.6 is 0 Å². The van der Waals surface area contributed by atoms with E-state index in [1.165, 1.54) is 10.4 Å². The highest BCUT2D eigenvalue weighted by atomic mass is 32.2. The van der Waals surface area contributed by atoms with Crippen LogP contribution in [0.3, 0.4) is 0 Å². The van der Waals surface area contributed by atoms with Crippen LogP contribution < -0.4 is 0 Å². The SMILES string of the molecule is CC(C)=CC(=O)N1CCN(S(=O)(=O)c2ccc(F)c(F)c2)CC1. The molecule has 0 radical (unpaired) electrons. The molecule has 1 amide bonds. The molecule has 0 N–H and O–H groups in total. The molecule has 1 aromatic rings. The third-order valence-electron chi connectivity index (χ3n) is 3.49. The molecule has 0 bridgehead atoms. The van der Waals surface area contributed by atoms with Crippen molar-refractivity contribution in [1.29, 1.82) is 0 Å². The van der Waals surface area contributed by atoms with Crippen LogP contribution in [0.15, 0.2) is 34.7 Å². The molecule has 0 spiro atoms. The van der Waals surface area contributed by atoms with E-state index in [9.17, 15) is 22.0 Å². The summed E-state index contributed by atoms with van der Waals surface area (Å²) in [6.07, 6.45) is 1.50. The fourth-order valence-corrected chi connectivity index (χ4v) is 3.71. The van der Waals surface area contributed by atoms with Crippen LogP contribution in [0.25, 0.3) is 0 Å². The molecule has 1 fully saturated rings. The minimum atomic E-state index is -3.90. The first kappa shape index (κ1) is 17.6. The molecule has 0 atom stereocenters. The van der Waals surface area contributed by atoms with Crippen LogP contribution in [0.2, 0.25) is 0 Å². The highest BCUT2D eigenvalue weighted by Crippen LogP contribution is 2.20. The predicted octanol–water partition coefficient (Wildman–Crippen LogP) is 1.76. The topological polar surface area (TPSA) is 57.7 Å². The van der Waals surface area contributed by atoms with Crippen LogP contribution in [-0.2, 0) is 14.8 Å². The lowest BCUT2D eigenvalue weighted by atomic mass is 10.3. The Morgan fingerprint density at radius 1 is 1.09 bits per heavy atom. The van der Waals surface area contributed by atoms with E-state index < -0.39 is 21.7 Å². The second-order valence-electron chi connectivity index (χ2n) is 5.53. The van der Waals surface area contributed by atoms with Crippen LogP contribution in [0.4, 0.5) is 8.78 Å². The van der Waals surface area contributed by atoms with Crippen molar-refractivity contribution >= 4 is 15.9 Å². The molecule has 1 aliphatic rings. The Kier molecular flexibility index (Phi) is 5.16. The summed E-state index contributed by atoms with van der Waals surface area (Å²) in [5.74, 6) is -2.46. The van der Waals surface area contributed by atoms with Crippen LogP contribution in [-0.4, -0.2) is 49.7 Å². The van der Waals surface area contributed by atoms with Crippen LogP contribution in [0.1, 0.15) is 13.8 Å². The Bertz CT molecular complexity index is 735. The Morgan fingerprint density at radius 3 is 2.22 bits per heavy atom. The van der Waals surface area contributed by atoms with Crippen molar-refractivity contribution in [2.75, 3.05) is 26.2 Å². The first-order valence-electron chi connectivity index (χ1n) is 7.11. The zero-order valence-corrected chi connectivity index (χ0v) is 13.7. The summed E-state index contributed by atoms with van der Waals surface area (Å²) in [7, 11) is -3.90. The minimum absolute atomic E-state index is 0.115. The average Bonchev–Trinajstić information content (AvgIpc) is 2.49. The van der Waals surface area contributed by atoms with Gasteiger partial charge in [-0.15, -0.1) is 0 Å². The third-order valence-corrected chi connectivity index (χ3v) is 5.39. The molecule has 1 heterocycles. The lowest BCUT2D eigenvalue weighted by Gasteiger charge is -2.33. The summed E-state index contributed by atoms with van der Waals surface area (Å²) in [5.41, 5.74) is 0.867. The predicted molar refractivity (Wildman–Crippen MR) is 81.1 cm³/mol. The lowest BCUT2D eigenvalue weighted by Crippen LogP contribution is -2.50. The molecule has 1 aromatic carbocycles. The number of sulfonamides is 1. The highest BCUT2D eigenvalue weighted by Gasteiger charge is 2.30. The van der Waals surface area contributed by atoms with Gasteiger partial charge in [0, 0.05) is 32.3 Å². The van der Waals surface area contributed by atoms with Crippen molar-refractivity contribution in [2.45, 2.75) is 18.7 Å². The summed E-state index contributed by atoms with van der Waals surface area (Å²) in [5, 5.41) is 0. The maximum atomic E-state index is 13.2. The zero-order chi connectivity index (χ0) is 17.2. The monoisotopic (exact) mass is 344 g/mol. The Morgan fingerprint density at radius 2 is 1.70 bits per heavy atom. The number of nitrogens with zero attached hydrogens (tertiary/aromatic N) is 2. The second-order valence-corrected chi connectivity index (χ2v) is 7.46. The fraction of sp³-hybridized carbons (Fsp3) is 0.400. The largest absolute Gasteiger partial charge is 0.337 e. The van der Waals surface area contributed by atoms with Gasteiger partial charge >= 0.3 is 0 Å². The normalized spacial score (nSPS) is 16.3. The molecule has 1 aliphatic heterocycles. The average molecular weight is 344 g/mol. The fourth-order valence-electron chi connectivity index (χ4n) is 2.27. The molecule has 0 aliphatic carbocycles. The van der Waals surface area contributed by atoms with E-state index >= 15 is 0 Å². The number of carbonyl (C=O) groups excluding carboxylic acids is 1. The molecule has 2 rings (SSSR count). The second kappa shape index (κ2) is 6.76. The van der Waals surface area contributed by atoms with Crippen LogP contribution in [0.5, 0.6) is 0 Å². The number of halogens is 2. The zero-order valence-electron chi connectivity index (χ0n) is 12.9.